The number of hydrogen-bond donors (Lipinski definition) is 0. The summed E-state index contributed by atoms with van der Waals surface area (Å²) in [5, 5.41) is 0.452. The van der Waals surface area contributed by atoms with Crippen molar-refractivity contribution in [3.63, 3.8) is 0 Å². The van der Waals surface area contributed by atoms with Gasteiger partial charge >= 0.3 is 5.97 Å². The summed E-state index contributed by atoms with van der Waals surface area (Å²) >= 11 is 0. The predicted octanol–water partition coefficient (Wildman–Crippen LogP) is 0.209. The number of rotatable bonds is 4. The maximum absolute atomic E-state index is 11.5. The minimum Gasteiger partial charge on any atom is -0.330 e. The van der Waals surface area contributed by atoms with Crippen LogP contribution in [0.1, 0.15) is 33.1 Å². The number of nitrogens with zero attached hydrogens (tertiary/aromatic N) is 1. The molecule has 0 aromatic carbocycles. The highest BCUT2D eigenvalue weighted by Crippen LogP contribution is 2.15. The van der Waals surface area contributed by atoms with Crippen molar-refractivity contribution >= 4 is 23.6 Å². The highest BCUT2D eigenvalue weighted by atomic mass is 16.7. The van der Waals surface area contributed by atoms with Crippen LogP contribution in [0.15, 0.2) is 0 Å². The Hall–Kier alpha value is -1.72. The van der Waals surface area contributed by atoms with Gasteiger partial charge in [-0.15, -0.1) is 5.06 Å². The molecular weight excluding hydrogens is 214 g/mol. The van der Waals surface area contributed by atoms with Crippen LogP contribution < -0.4 is 0 Å². The molecule has 0 aromatic rings. The van der Waals surface area contributed by atoms with Crippen molar-refractivity contribution in [1.82, 2.24) is 5.06 Å². The summed E-state index contributed by atoms with van der Waals surface area (Å²) < 4.78 is 0. The first-order valence-electron chi connectivity index (χ1n) is 5.05. The molecule has 1 aliphatic rings. The summed E-state index contributed by atoms with van der Waals surface area (Å²) in [6.45, 7) is 2.92. The Labute approximate surface area is 92.5 Å². The third kappa shape index (κ3) is 2.44. The first-order valence-corrected chi connectivity index (χ1v) is 5.05. The zero-order valence-electron chi connectivity index (χ0n) is 9.19. The van der Waals surface area contributed by atoms with E-state index in [1.807, 2.05) is 0 Å². The molecule has 1 atom stereocenters. The number of carbonyl (C=O) groups is 4. The first kappa shape index (κ1) is 12.4. The molecule has 16 heavy (non-hydrogen) atoms. The van der Waals surface area contributed by atoms with Crippen LogP contribution in [0.5, 0.6) is 0 Å². The Balaban J connectivity index is 2.66. The van der Waals surface area contributed by atoms with Gasteiger partial charge in [-0.1, -0.05) is 6.92 Å². The molecule has 0 spiro atoms. The van der Waals surface area contributed by atoms with Crippen LogP contribution in [-0.2, 0) is 24.0 Å². The molecule has 1 saturated heterocycles. The Kier molecular flexibility index (Phi) is 3.76. The van der Waals surface area contributed by atoms with Gasteiger partial charge in [-0.2, -0.15) is 0 Å². The van der Waals surface area contributed by atoms with Gasteiger partial charge in [-0.25, -0.2) is 4.79 Å². The first-order chi connectivity index (χ1) is 7.47. The monoisotopic (exact) mass is 227 g/mol. The number of amides is 2. The highest BCUT2D eigenvalue weighted by Gasteiger charge is 2.35. The lowest BCUT2D eigenvalue weighted by Gasteiger charge is -2.15. The summed E-state index contributed by atoms with van der Waals surface area (Å²) in [6, 6.07) is 0. The molecule has 2 amide bonds. The molecule has 1 fully saturated rings. The molecule has 0 saturated carbocycles. The molecule has 0 bridgehead atoms. The minimum atomic E-state index is -0.916. The topological polar surface area (TPSA) is 80.8 Å². The SMILES string of the molecule is CCC(C(C)=O)C(=O)ON1C(=O)CCC1=O. The summed E-state index contributed by atoms with van der Waals surface area (Å²) in [4.78, 5) is 49.5. The van der Waals surface area contributed by atoms with Crippen LogP contribution in [0, 0.1) is 5.92 Å². The van der Waals surface area contributed by atoms with Crippen LogP contribution in [-0.4, -0.2) is 28.6 Å². The zero-order valence-corrected chi connectivity index (χ0v) is 9.19. The number of carbonyl (C=O) groups excluding carboxylic acids is 4. The maximum atomic E-state index is 11.5. The fourth-order valence-electron chi connectivity index (χ4n) is 1.43. The highest BCUT2D eigenvalue weighted by molar-refractivity contribution is 6.03. The molecule has 6 nitrogen and oxygen atoms in total. The van der Waals surface area contributed by atoms with Gasteiger partial charge in [-0.05, 0) is 13.3 Å². The van der Waals surface area contributed by atoms with Crippen molar-refractivity contribution in [1.29, 1.82) is 0 Å². The molecule has 1 aliphatic heterocycles. The third-order valence-corrected chi connectivity index (χ3v) is 2.37. The fourth-order valence-corrected chi connectivity index (χ4v) is 1.43. The van der Waals surface area contributed by atoms with E-state index >= 15 is 0 Å². The van der Waals surface area contributed by atoms with Gasteiger partial charge in [0, 0.05) is 12.8 Å². The van der Waals surface area contributed by atoms with Gasteiger partial charge in [0.25, 0.3) is 11.8 Å². The van der Waals surface area contributed by atoms with E-state index in [0.717, 1.165) is 0 Å². The molecule has 1 rings (SSSR count). The van der Waals surface area contributed by atoms with Crippen LogP contribution in [0.3, 0.4) is 0 Å². The van der Waals surface area contributed by atoms with Crippen LogP contribution in [0.4, 0.5) is 0 Å². The van der Waals surface area contributed by atoms with Crippen molar-refractivity contribution in [3.05, 3.63) is 0 Å². The molecule has 88 valence electrons. The second-order valence-corrected chi connectivity index (χ2v) is 3.56. The summed E-state index contributed by atoms with van der Waals surface area (Å²) in [5.74, 6) is -3.19. The van der Waals surface area contributed by atoms with Crippen molar-refractivity contribution < 1.29 is 24.0 Å². The van der Waals surface area contributed by atoms with E-state index in [0.29, 0.717) is 5.06 Å². The van der Waals surface area contributed by atoms with E-state index in [1.165, 1.54) is 6.92 Å². The fraction of sp³-hybridized carbons (Fsp3) is 0.600. The Bertz CT molecular complexity index is 333. The minimum absolute atomic E-state index is 0.0446. The van der Waals surface area contributed by atoms with Crippen LogP contribution >= 0.6 is 0 Å². The second-order valence-electron chi connectivity index (χ2n) is 3.56. The van der Waals surface area contributed by atoms with Gasteiger partial charge in [-0.3, -0.25) is 14.4 Å². The molecule has 1 heterocycles. The summed E-state index contributed by atoms with van der Waals surface area (Å²) in [7, 11) is 0. The van der Waals surface area contributed by atoms with E-state index in [-0.39, 0.29) is 25.0 Å². The molecule has 1 unspecified atom stereocenters. The third-order valence-electron chi connectivity index (χ3n) is 2.37. The Morgan fingerprint density at radius 2 is 1.81 bits per heavy atom. The second kappa shape index (κ2) is 4.87. The lowest BCUT2D eigenvalue weighted by Crippen LogP contribution is -2.36. The largest absolute Gasteiger partial charge is 0.343 e. The summed E-state index contributed by atoms with van der Waals surface area (Å²) in [5.41, 5.74) is 0. The van der Waals surface area contributed by atoms with Gasteiger partial charge < -0.3 is 4.84 Å². The van der Waals surface area contributed by atoms with Gasteiger partial charge in [0.05, 0.1) is 0 Å². The number of hydrogen-bond acceptors (Lipinski definition) is 5. The predicted molar refractivity (Wildman–Crippen MR) is 51.6 cm³/mol. The van der Waals surface area contributed by atoms with E-state index in [2.05, 4.69) is 4.84 Å². The number of hydroxylamine groups is 2. The van der Waals surface area contributed by atoms with E-state index in [4.69, 9.17) is 0 Å². The van der Waals surface area contributed by atoms with E-state index in [1.54, 1.807) is 6.92 Å². The lowest BCUT2D eigenvalue weighted by atomic mass is 10.0. The molecular formula is C10H13NO5. The molecule has 0 N–H and O–H groups in total. The zero-order chi connectivity index (χ0) is 12.3. The average molecular weight is 227 g/mol. The quantitative estimate of drug-likeness (QED) is 0.506. The van der Waals surface area contributed by atoms with E-state index in [9.17, 15) is 19.2 Å². The van der Waals surface area contributed by atoms with Crippen LogP contribution in [0.25, 0.3) is 0 Å². The number of ketones is 1. The maximum Gasteiger partial charge on any atom is 0.343 e. The number of Topliss-reactive ketones (excluding diaryl/α,β-unsaturated/α-hetero) is 1. The van der Waals surface area contributed by atoms with Crippen molar-refractivity contribution in [3.8, 4) is 0 Å². The van der Waals surface area contributed by atoms with Crippen molar-refractivity contribution in [2.45, 2.75) is 33.1 Å². The van der Waals surface area contributed by atoms with Crippen molar-refractivity contribution in [2.75, 3.05) is 0 Å². The van der Waals surface area contributed by atoms with Gasteiger partial charge in [0.2, 0.25) is 0 Å². The normalized spacial score (nSPS) is 17.5. The molecule has 0 aromatic heterocycles. The Morgan fingerprint density at radius 3 is 2.19 bits per heavy atom. The Morgan fingerprint density at radius 1 is 1.31 bits per heavy atom. The van der Waals surface area contributed by atoms with Crippen LogP contribution in [0.2, 0.25) is 0 Å². The van der Waals surface area contributed by atoms with Gasteiger partial charge in [0.15, 0.2) is 0 Å². The van der Waals surface area contributed by atoms with E-state index < -0.39 is 23.7 Å². The standard InChI is InChI=1S/C10H13NO5/c1-3-7(6(2)12)10(15)16-11-8(13)4-5-9(11)14/h7H,3-5H2,1-2H3. The lowest BCUT2D eigenvalue weighted by molar-refractivity contribution is -0.200. The number of imide groups is 1. The molecule has 6 heteroatoms. The molecule has 0 aliphatic carbocycles. The smallest absolute Gasteiger partial charge is 0.330 e. The average Bonchev–Trinajstić information content (AvgIpc) is 2.50. The summed E-state index contributed by atoms with van der Waals surface area (Å²) in [6.07, 6.45) is 0.371. The molecule has 0 radical (unpaired) electrons. The van der Waals surface area contributed by atoms with Crippen molar-refractivity contribution in [2.24, 2.45) is 5.92 Å². The van der Waals surface area contributed by atoms with Gasteiger partial charge in [0.1, 0.15) is 11.7 Å².